The first kappa shape index (κ1) is 20.0. The van der Waals surface area contributed by atoms with E-state index in [2.05, 4.69) is 20.1 Å². The number of rotatable bonds is 4. The van der Waals surface area contributed by atoms with Gasteiger partial charge in [-0.25, -0.2) is 14.1 Å². The summed E-state index contributed by atoms with van der Waals surface area (Å²) in [5.74, 6) is 0.532. The van der Waals surface area contributed by atoms with Gasteiger partial charge >= 0.3 is 0 Å². The molecule has 0 aliphatic heterocycles. The molecule has 0 bridgehead atoms. The molecule has 8 heteroatoms. The summed E-state index contributed by atoms with van der Waals surface area (Å²) >= 11 is 0. The van der Waals surface area contributed by atoms with Gasteiger partial charge in [0.2, 0.25) is 0 Å². The lowest BCUT2D eigenvalue weighted by molar-refractivity contribution is 0.103. The monoisotopic (exact) mass is 450 g/mol. The number of imidazole rings is 1. The van der Waals surface area contributed by atoms with Crippen molar-refractivity contribution in [2.75, 3.05) is 5.73 Å². The van der Waals surface area contributed by atoms with Crippen molar-refractivity contribution in [3.63, 3.8) is 0 Å². The van der Waals surface area contributed by atoms with Gasteiger partial charge in [0.05, 0.1) is 28.5 Å². The topological polar surface area (TPSA) is 102 Å². The number of nitrogen functional groups attached to an aromatic ring is 1. The summed E-state index contributed by atoms with van der Waals surface area (Å²) in [5, 5.41) is 4.36. The maximum absolute atomic E-state index is 14.2. The van der Waals surface area contributed by atoms with E-state index in [-0.39, 0.29) is 17.4 Å². The van der Waals surface area contributed by atoms with Crippen molar-refractivity contribution < 1.29 is 9.18 Å². The molecule has 1 aliphatic carbocycles. The number of carbonyl (C=O) groups excluding carboxylic acids is 1. The van der Waals surface area contributed by atoms with Crippen LogP contribution in [0.15, 0.2) is 66.5 Å². The molecule has 0 atom stereocenters. The van der Waals surface area contributed by atoms with E-state index >= 15 is 0 Å². The Morgan fingerprint density at radius 1 is 1.18 bits per heavy atom. The SMILES string of the molecule is Cc1nc2ccc(-n3ncc(C(=O)C4=Cc5ccc(-c6ncccc6F)cc5C4)c3N)cc2[nH]1. The summed E-state index contributed by atoms with van der Waals surface area (Å²) in [4.78, 5) is 25.1. The van der Waals surface area contributed by atoms with Crippen molar-refractivity contribution in [1.29, 1.82) is 0 Å². The van der Waals surface area contributed by atoms with Crippen LogP contribution in [0.3, 0.4) is 0 Å². The maximum Gasteiger partial charge on any atom is 0.194 e. The second-order valence-electron chi connectivity index (χ2n) is 8.30. The summed E-state index contributed by atoms with van der Waals surface area (Å²) in [6, 6.07) is 14.2. The molecule has 0 fully saturated rings. The Labute approximate surface area is 193 Å². The van der Waals surface area contributed by atoms with Crippen LogP contribution in [-0.4, -0.2) is 30.5 Å². The lowest BCUT2D eigenvalue weighted by atomic mass is 10.0. The first-order chi connectivity index (χ1) is 16.5. The molecule has 0 saturated carbocycles. The zero-order valence-electron chi connectivity index (χ0n) is 18.2. The molecule has 5 aromatic rings. The molecule has 166 valence electrons. The van der Waals surface area contributed by atoms with Crippen LogP contribution in [0, 0.1) is 12.7 Å². The van der Waals surface area contributed by atoms with Crippen molar-refractivity contribution in [2.24, 2.45) is 0 Å². The minimum Gasteiger partial charge on any atom is -0.383 e. The number of benzene rings is 2. The second-order valence-corrected chi connectivity index (χ2v) is 8.30. The van der Waals surface area contributed by atoms with Gasteiger partial charge in [0.1, 0.15) is 23.2 Å². The predicted molar refractivity (Wildman–Crippen MR) is 128 cm³/mol. The summed E-state index contributed by atoms with van der Waals surface area (Å²) in [6.45, 7) is 1.89. The third kappa shape index (κ3) is 3.19. The Morgan fingerprint density at radius 3 is 2.91 bits per heavy atom. The van der Waals surface area contributed by atoms with Crippen LogP contribution in [0.4, 0.5) is 10.2 Å². The lowest BCUT2D eigenvalue weighted by Crippen LogP contribution is -2.08. The van der Waals surface area contributed by atoms with Crippen LogP contribution in [0.5, 0.6) is 0 Å². The molecular formula is C26H19FN6O. The highest BCUT2D eigenvalue weighted by Gasteiger charge is 2.24. The quantitative estimate of drug-likeness (QED) is 0.388. The Balaban J connectivity index is 1.29. The number of aromatic amines is 1. The smallest absolute Gasteiger partial charge is 0.194 e. The summed E-state index contributed by atoms with van der Waals surface area (Å²) in [7, 11) is 0. The van der Waals surface area contributed by atoms with Gasteiger partial charge in [-0.1, -0.05) is 12.1 Å². The van der Waals surface area contributed by atoms with Gasteiger partial charge in [0, 0.05) is 23.8 Å². The number of nitrogens with zero attached hydrogens (tertiary/aromatic N) is 4. The molecule has 6 rings (SSSR count). The largest absolute Gasteiger partial charge is 0.383 e. The Hall–Kier alpha value is -4.59. The molecule has 34 heavy (non-hydrogen) atoms. The average Bonchev–Trinajstić information content (AvgIpc) is 3.53. The maximum atomic E-state index is 14.2. The highest BCUT2D eigenvalue weighted by atomic mass is 19.1. The second kappa shape index (κ2) is 7.48. The molecule has 0 radical (unpaired) electrons. The van der Waals surface area contributed by atoms with Gasteiger partial charge in [-0.3, -0.25) is 9.78 Å². The van der Waals surface area contributed by atoms with Crippen LogP contribution in [0.2, 0.25) is 0 Å². The highest BCUT2D eigenvalue weighted by Crippen LogP contribution is 2.32. The van der Waals surface area contributed by atoms with Crippen molar-refractivity contribution in [2.45, 2.75) is 13.3 Å². The molecule has 0 saturated heterocycles. The van der Waals surface area contributed by atoms with Gasteiger partial charge < -0.3 is 10.7 Å². The lowest BCUT2D eigenvalue weighted by Gasteiger charge is -2.06. The number of pyridine rings is 1. The van der Waals surface area contributed by atoms with Gasteiger partial charge in [-0.05, 0) is 60.5 Å². The molecule has 3 heterocycles. The molecule has 0 spiro atoms. The first-order valence-corrected chi connectivity index (χ1v) is 10.8. The van der Waals surface area contributed by atoms with E-state index in [1.165, 1.54) is 12.3 Å². The van der Waals surface area contributed by atoms with Crippen LogP contribution < -0.4 is 5.73 Å². The van der Waals surface area contributed by atoms with E-state index in [1.54, 1.807) is 16.9 Å². The van der Waals surface area contributed by atoms with Crippen molar-refractivity contribution in [3.8, 4) is 16.9 Å². The number of hydrogen-bond donors (Lipinski definition) is 2. The van der Waals surface area contributed by atoms with Gasteiger partial charge in [0.15, 0.2) is 5.78 Å². The minimum absolute atomic E-state index is 0.177. The zero-order chi connectivity index (χ0) is 23.4. The van der Waals surface area contributed by atoms with E-state index in [9.17, 15) is 9.18 Å². The minimum atomic E-state index is -0.381. The van der Waals surface area contributed by atoms with E-state index in [1.807, 2.05) is 49.4 Å². The molecule has 2 aromatic carbocycles. The standard InChI is InChI=1S/C26H19FN6O/c1-14-31-22-7-6-19(12-23(22)32-14)33-26(28)20(13-30-33)25(34)18-9-15-4-5-16(10-17(15)11-18)24-21(27)3-2-8-29-24/h2-10,12-13H,11,28H2,1H3,(H,31,32). The summed E-state index contributed by atoms with van der Waals surface area (Å²) in [5.41, 5.74) is 12.6. The van der Waals surface area contributed by atoms with E-state index in [0.717, 1.165) is 33.7 Å². The fraction of sp³-hybridized carbons (Fsp3) is 0.0769. The van der Waals surface area contributed by atoms with Crippen LogP contribution >= 0.6 is 0 Å². The molecule has 1 aliphatic rings. The highest BCUT2D eigenvalue weighted by molar-refractivity contribution is 6.15. The molecule has 3 N–H and O–H groups in total. The number of Topliss-reactive ketones (excluding diaryl/α,β-unsaturated/α-hetero) is 1. The van der Waals surface area contributed by atoms with E-state index in [0.29, 0.717) is 28.8 Å². The van der Waals surface area contributed by atoms with Crippen LogP contribution in [0.25, 0.3) is 34.1 Å². The van der Waals surface area contributed by atoms with Gasteiger partial charge in [-0.2, -0.15) is 5.10 Å². The first-order valence-electron chi connectivity index (χ1n) is 10.8. The number of ketones is 1. The number of carbonyl (C=O) groups is 1. The molecule has 0 amide bonds. The predicted octanol–water partition coefficient (Wildman–Crippen LogP) is 4.66. The molecular weight excluding hydrogens is 431 g/mol. The fourth-order valence-corrected chi connectivity index (χ4v) is 4.40. The zero-order valence-corrected chi connectivity index (χ0v) is 18.2. The number of nitrogens with two attached hydrogens (primary N) is 1. The van der Waals surface area contributed by atoms with E-state index in [4.69, 9.17) is 5.73 Å². The Morgan fingerprint density at radius 2 is 2.06 bits per heavy atom. The Bertz CT molecular complexity index is 1640. The number of halogens is 1. The summed E-state index contributed by atoms with van der Waals surface area (Å²) < 4.78 is 15.7. The number of aromatic nitrogens is 5. The van der Waals surface area contributed by atoms with Crippen LogP contribution in [-0.2, 0) is 6.42 Å². The normalized spacial score (nSPS) is 12.7. The van der Waals surface area contributed by atoms with Crippen molar-refractivity contribution >= 4 is 28.7 Å². The third-order valence-corrected chi connectivity index (χ3v) is 6.06. The van der Waals surface area contributed by atoms with Crippen molar-refractivity contribution in [3.05, 3.63) is 94.8 Å². The average molecular weight is 450 g/mol. The number of hydrogen-bond acceptors (Lipinski definition) is 5. The molecule has 7 nitrogen and oxygen atoms in total. The number of nitrogens with one attached hydrogen (secondary N) is 1. The Kier molecular flexibility index (Phi) is 4.41. The third-order valence-electron chi connectivity index (χ3n) is 6.06. The number of fused-ring (bicyclic) bond motifs is 2. The summed E-state index contributed by atoms with van der Waals surface area (Å²) in [6.07, 6.45) is 5.34. The fourth-order valence-electron chi connectivity index (χ4n) is 4.40. The van der Waals surface area contributed by atoms with Gasteiger partial charge in [-0.15, -0.1) is 0 Å². The van der Waals surface area contributed by atoms with Gasteiger partial charge in [0.25, 0.3) is 0 Å². The number of H-pyrrole nitrogens is 1. The van der Waals surface area contributed by atoms with E-state index < -0.39 is 0 Å². The number of allylic oxidation sites excluding steroid dienone is 1. The molecule has 0 unspecified atom stereocenters. The number of aryl methyl sites for hydroxylation is 1. The van der Waals surface area contributed by atoms with Crippen molar-refractivity contribution in [1.82, 2.24) is 24.7 Å². The van der Waals surface area contributed by atoms with Crippen LogP contribution in [0.1, 0.15) is 27.3 Å². The number of anilines is 1. The molecule has 3 aromatic heterocycles.